The highest BCUT2D eigenvalue weighted by Gasteiger charge is 2.19. The molecule has 6 heteroatoms. The normalized spacial score (nSPS) is 12.6. The highest BCUT2D eigenvalue weighted by Crippen LogP contribution is 2.18. The molecular formula is C54H104O6. The molecule has 60 heavy (non-hydrogen) atoms. The monoisotopic (exact) mass is 849 g/mol. The van der Waals surface area contributed by atoms with E-state index in [2.05, 4.69) is 41.5 Å². The van der Waals surface area contributed by atoms with Gasteiger partial charge < -0.3 is 14.2 Å². The fraction of sp³-hybridized carbons (Fsp3) is 0.944. The Bertz CT molecular complexity index is 931. The summed E-state index contributed by atoms with van der Waals surface area (Å²) in [5.74, 6) is 1.66. The van der Waals surface area contributed by atoms with E-state index in [0.717, 1.165) is 75.5 Å². The number of carbonyl (C=O) groups is 3. The van der Waals surface area contributed by atoms with Crippen LogP contribution in [-0.4, -0.2) is 37.2 Å². The second-order valence-electron chi connectivity index (χ2n) is 19.7. The molecule has 0 aliphatic carbocycles. The molecule has 0 aromatic heterocycles. The third-order valence-corrected chi connectivity index (χ3v) is 12.5. The van der Waals surface area contributed by atoms with Crippen molar-refractivity contribution in [2.45, 2.75) is 298 Å². The average Bonchev–Trinajstić information content (AvgIpc) is 3.22. The van der Waals surface area contributed by atoms with Crippen LogP contribution in [0.2, 0.25) is 0 Å². The largest absolute Gasteiger partial charge is 0.462 e. The molecule has 0 aliphatic rings. The molecule has 2 atom stereocenters. The summed E-state index contributed by atoms with van der Waals surface area (Å²) in [4.78, 5) is 38.0. The molecule has 6 nitrogen and oxygen atoms in total. The van der Waals surface area contributed by atoms with Gasteiger partial charge in [0.2, 0.25) is 0 Å². The van der Waals surface area contributed by atoms with Crippen LogP contribution in [0.25, 0.3) is 0 Å². The lowest BCUT2D eigenvalue weighted by atomic mass is 9.99. The maximum Gasteiger partial charge on any atom is 0.306 e. The SMILES string of the molecule is CCC(C)CCCCCCCCCCC(=O)O[C@H](COC(=O)CCCCCCCCCCCCCCCC(C)C)COC(=O)CCCCCCCCCCCCCC(C)C. The predicted molar refractivity (Wildman–Crippen MR) is 256 cm³/mol. The topological polar surface area (TPSA) is 78.9 Å². The van der Waals surface area contributed by atoms with E-state index in [-0.39, 0.29) is 31.1 Å². The van der Waals surface area contributed by atoms with E-state index >= 15 is 0 Å². The molecule has 0 aromatic carbocycles. The standard InChI is InChI=1S/C54H104O6/c1-7-50(6)42-36-30-24-20-21-27-33-39-45-54(57)60-51(47-59-53(56)44-38-32-26-19-15-11-13-17-23-29-35-41-49(4)5)46-58-52(55)43-37-31-25-18-14-10-8-9-12-16-22-28-34-40-48(2)3/h48-51H,7-47H2,1-6H3/t50?,51-/m1/s1. The summed E-state index contributed by atoms with van der Waals surface area (Å²) < 4.78 is 16.8. The number of unbranched alkanes of at least 4 members (excludes halogenated alkanes) is 29. The maximum absolute atomic E-state index is 12.8. The lowest BCUT2D eigenvalue weighted by Crippen LogP contribution is -2.30. The second kappa shape index (κ2) is 45.4. The first-order valence-corrected chi connectivity index (χ1v) is 26.6. The van der Waals surface area contributed by atoms with Gasteiger partial charge in [0.15, 0.2) is 6.10 Å². The zero-order valence-electron chi connectivity index (χ0n) is 41.3. The van der Waals surface area contributed by atoms with Gasteiger partial charge in [-0.05, 0) is 37.0 Å². The first kappa shape index (κ1) is 58.4. The Hall–Kier alpha value is -1.59. The van der Waals surface area contributed by atoms with Crippen LogP contribution in [-0.2, 0) is 28.6 Å². The van der Waals surface area contributed by atoms with E-state index in [1.807, 2.05) is 0 Å². The van der Waals surface area contributed by atoms with Crippen molar-refractivity contribution >= 4 is 17.9 Å². The smallest absolute Gasteiger partial charge is 0.306 e. The summed E-state index contributed by atoms with van der Waals surface area (Å²) >= 11 is 0. The fourth-order valence-electron chi connectivity index (χ4n) is 8.08. The first-order valence-electron chi connectivity index (χ1n) is 26.6. The number of hydrogen-bond acceptors (Lipinski definition) is 6. The van der Waals surface area contributed by atoms with Crippen molar-refractivity contribution in [1.29, 1.82) is 0 Å². The predicted octanol–water partition coefficient (Wildman–Crippen LogP) is 17.2. The van der Waals surface area contributed by atoms with Crippen molar-refractivity contribution in [3.63, 3.8) is 0 Å². The van der Waals surface area contributed by atoms with Crippen LogP contribution in [0.1, 0.15) is 292 Å². The van der Waals surface area contributed by atoms with Gasteiger partial charge in [0.25, 0.3) is 0 Å². The van der Waals surface area contributed by atoms with Gasteiger partial charge in [0.1, 0.15) is 13.2 Å². The van der Waals surface area contributed by atoms with Gasteiger partial charge in [-0.1, -0.05) is 253 Å². The van der Waals surface area contributed by atoms with Crippen LogP contribution in [0.3, 0.4) is 0 Å². The zero-order chi connectivity index (χ0) is 44.2. The van der Waals surface area contributed by atoms with Gasteiger partial charge in [0.05, 0.1) is 0 Å². The van der Waals surface area contributed by atoms with Crippen LogP contribution in [0, 0.1) is 17.8 Å². The summed E-state index contributed by atoms with van der Waals surface area (Å²) in [7, 11) is 0. The van der Waals surface area contributed by atoms with Gasteiger partial charge in [-0.25, -0.2) is 0 Å². The van der Waals surface area contributed by atoms with Crippen molar-refractivity contribution in [1.82, 2.24) is 0 Å². The molecule has 0 fully saturated rings. The number of hydrogen-bond donors (Lipinski definition) is 0. The van der Waals surface area contributed by atoms with Gasteiger partial charge >= 0.3 is 17.9 Å². The zero-order valence-corrected chi connectivity index (χ0v) is 41.3. The van der Waals surface area contributed by atoms with Gasteiger partial charge in [-0.3, -0.25) is 14.4 Å². The minimum absolute atomic E-state index is 0.0647. The molecule has 0 saturated heterocycles. The van der Waals surface area contributed by atoms with E-state index in [0.29, 0.717) is 19.3 Å². The van der Waals surface area contributed by atoms with Crippen LogP contribution in [0.4, 0.5) is 0 Å². The number of rotatable bonds is 47. The molecule has 356 valence electrons. The van der Waals surface area contributed by atoms with Gasteiger partial charge in [0, 0.05) is 19.3 Å². The molecule has 0 amide bonds. The number of esters is 3. The summed E-state index contributed by atoms with van der Waals surface area (Å²) in [6, 6.07) is 0. The lowest BCUT2D eigenvalue weighted by molar-refractivity contribution is -0.167. The Labute approximate surface area is 374 Å². The molecule has 0 radical (unpaired) electrons. The molecule has 0 aliphatic heterocycles. The van der Waals surface area contributed by atoms with Crippen LogP contribution in [0.15, 0.2) is 0 Å². The Kier molecular flexibility index (Phi) is 44.2. The Balaban J connectivity index is 4.31. The van der Waals surface area contributed by atoms with Crippen molar-refractivity contribution < 1.29 is 28.6 Å². The highest BCUT2D eigenvalue weighted by molar-refractivity contribution is 5.71. The van der Waals surface area contributed by atoms with E-state index in [9.17, 15) is 14.4 Å². The van der Waals surface area contributed by atoms with Gasteiger partial charge in [-0.15, -0.1) is 0 Å². The summed E-state index contributed by atoms with van der Waals surface area (Å²) in [5, 5.41) is 0. The van der Waals surface area contributed by atoms with Crippen LogP contribution in [0.5, 0.6) is 0 Å². The molecule has 1 unspecified atom stereocenters. The summed E-state index contributed by atoms with van der Waals surface area (Å²) in [6.07, 6.45) is 45.1. The molecule has 0 heterocycles. The molecule has 0 N–H and O–H groups in total. The lowest BCUT2D eigenvalue weighted by Gasteiger charge is -2.18. The minimum Gasteiger partial charge on any atom is -0.462 e. The highest BCUT2D eigenvalue weighted by atomic mass is 16.6. The second-order valence-corrected chi connectivity index (χ2v) is 19.7. The number of carbonyl (C=O) groups excluding carboxylic acids is 3. The fourth-order valence-corrected chi connectivity index (χ4v) is 8.08. The summed E-state index contributed by atoms with van der Waals surface area (Å²) in [5.41, 5.74) is 0. The van der Waals surface area contributed by atoms with Crippen molar-refractivity contribution in [3.8, 4) is 0 Å². The number of ether oxygens (including phenoxy) is 3. The average molecular weight is 849 g/mol. The molecule has 0 aromatic rings. The Morgan fingerprint density at radius 1 is 0.333 bits per heavy atom. The molecule has 0 bridgehead atoms. The summed E-state index contributed by atoms with van der Waals surface area (Å²) in [6.45, 7) is 13.7. The van der Waals surface area contributed by atoms with E-state index in [4.69, 9.17) is 14.2 Å². The molecular weight excluding hydrogens is 745 g/mol. The third-order valence-electron chi connectivity index (χ3n) is 12.5. The Morgan fingerprint density at radius 3 is 0.867 bits per heavy atom. The molecule has 0 saturated carbocycles. The minimum atomic E-state index is -0.763. The van der Waals surface area contributed by atoms with Crippen LogP contribution < -0.4 is 0 Å². The van der Waals surface area contributed by atoms with E-state index < -0.39 is 6.10 Å². The van der Waals surface area contributed by atoms with Crippen LogP contribution >= 0.6 is 0 Å². The maximum atomic E-state index is 12.8. The van der Waals surface area contributed by atoms with E-state index in [1.165, 1.54) is 173 Å². The van der Waals surface area contributed by atoms with Crippen molar-refractivity contribution in [3.05, 3.63) is 0 Å². The van der Waals surface area contributed by atoms with E-state index in [1.54, 1.807) is 0 Å². The Morgan fingerprint density at radius 2 is 0.583 bits per heavy atom. The quantitative estimate of drug-likeness (QED) is 0.0345. The van der Waals surface area contributed by atoms with Crippen molar-refractivity contribution in [2.24, 2.45) is 17.8 Å². The third kappa shape index (κ3) is 45.9. The van der Waals surface area contributed by atoms with Crippen molar-refractivity contribution in [2.75, 3.05) is 13.2 Å². The van der Waals surface area contributed by atoms with Gasteiger partial charge in [-0.2, -0.15) is 0 Å². The molecule has 0 rings (SSSR count). The molecule has 0 spiro atoms. The first-order chi connectivity index (χ1) is 29.1.